The molecule has 28 heavy (non-hydrogen) atoms. The molecule has 5 nitrogen and oxygen atoms in total. The van der Waals surface area contributed by atoms with E-state index in [1.54, 1.807) is 6.07 Å². The lowest BCUT2D eigenvalue weighted by Gasteiger charge is -2.37. The van der Waals surface area contributed by atoms with Crippen molar-refractivity contribution in [3.63, 3.8) is 0 Å². The number of nitrogens with one attached hydrogen (secondary N) is 2. The van der Waals surface area contributed by atoms with Crippen LogP contribution in [0.4, 0.5) is 14.9 Å². The molecular formula is C22H28FN3O2. The molecule has 0 aromatic heterocycles. The van der Waals surface area contributed by atoms with Crippen LogP contribution in [0.2, 0.25) is 0 Å². The third-order valence-electron chi connectivity index (χ3n) is 4.80. The summed E-state index contributed by atoms with van der Waals surface area (Å²) in [5, 5.41) is 5.58. The molecule has 0 aliphatic carbocycles. The highest BCUT2D eigenvalue weighted by atomic mass is 19.1. The first-order chi connectivity index (χ1) is 13.4. The second-order valence-electron chi connectivity index (χ2n) is 7.47. The molecule has 1 heterocycles. The molecule has 2 N–H and O–H groups in total. The van der Waals surface area contributed by atoms with Crippen LogP contribution in [0, 0.1) is 12.7 Å². The number of nitrogens with zero attached hydrogens (tertiary/aromatic N) is 1. The zero-order chi connectivity index (χ0) is 20.1. The fraction of sp³-hybridized carbons (Fsp3) is 0.409. The van der Waals surface area contributed by atoms with Crippen LogP contribution in [0.25, 0.3) is 0 Å². The molecule has 1 saturated heterocycles. The third-order valence-corrected chi connectivity index (χ3v) is 4.80. The Labute approximate surface area is 165 Å². The Morgan fingerprint density at radius 3 is 2.21 bits per heavy atom. The Morgan fingerprint density at radius 2 is 1.61 bits per heavy atom. The maximum atomic E-state index is 14.6. The average molecular weight is 385 g/mol. The van der Waals surface area contributed by atoms with E-state index in [0.717, 1.165) is 11.1 Å². The minimum atomic E-state index is -0.277. The van der Waals surface area contributed by atoms with Gasteiger partial charge in [-0.2, -0.15) is 0 Å². The van der Waals surface area contributed by atoms with Crippen molar-refractivity contribution in [2.45, 2.75) is 46.1 Å². The summed E-state index contributed by atoms with van der Waals surface area (Å²) in [6.07, 6.45) is 0.142. The molecule has 0 bridgehead atoms. The van der Waals surface area contributed by atoms with Crippen LogP contribution in [-0.2, 0) is 17.8 Å². The molecular weight excluding hydrogens is 357 g/mol. The first-order valence-corrected chi connectivity index (χ1v) is 9.67. The van der Waals surface area contributed by atoms with Crippen LogP contribution in [0.15, 0.2) is 42.5 Å². The second-order valence-corrected chi connectivity index (χ2v) is 7.47. The van der Waals surface area contributed by atoms with Gasteiger partial charge in [0.05, 0.1) is 17.9 Å². The van der Waals surface area contributed by atoms with Crippen LogP contribution in [0.5, 0.6) is 0 Å². The zero-order valence-corrected chi connectivity index (χ0v) is 16.7. The number of halogens is 1. The number of urea groups is 1. The number of aryl methyl sites for hydroxylation is 1. The van der Waals surface area contributed by atoms with Gasteiger partial charge in [0.1, 0.15) is 5.82 Å². The summed E-state index contributed by atoms with van der Waals surface area (Å²) >= 11 is 0. The smallest absolute Gasteiger partial charge is 0.315 e. The summed E-state index contributed by atoms with van der Waals surface area (Å²) in [6.45, 7) is 8.07. The van der Waals surface area contributed by atoms with E-state index in [2.05, 4.69) is 10.6 Å². The first kappa shape index (κ1) is 20.1. The summed E-state index contributed by atoms with van der Waals surface area (Å²) in [5.41, 5.74) is 3.51. The molecule has 3 rings (SSSR count). The van der Waals surface area contributed by atoms with Crippen molar-refractivity contribution >= 4 is 11.7 Å². The maximum Gasteiger partial charge on any atom is 0.315 e. The quantitative estimate of drug-likeness (QED) is 0.824. The molecule has 0 saturated carbocycles. The molecule has 2 atom stereocenters. The lowest BCUT2D eigenvalue weighted by molar-refractivity contribution is -0.00539. The van der Waals surface area contributed by atoms with Crippen molar-refractivity contribution < 1.29 is 13.9 Å². The zero-order valence-electron chi connectivity index (χ0n) is 16.7. The van der Waals surface area contributed by atoms with Gasteiger partial charge in [0, 0.05) is 26.2 Å². The molecule has 2 unspecified atom stereocenters. The van der Waals surface area contributed by atoms with Crippen LogP contribution in [-0.4, -0.2) is 31.3 Å². The fourth-order valence-corrected chi connectivity index (χ4v) is 3.42. The molecule has 1 aliphatic heterocycles. The Kier molecular flexibility index (Phi) is 6.52. The first-order valence-electron chi connectivity index (χ1n) is 9.67. The maximum absolute atomic E-state index is 14.6. The molecule has 1 fully saturated rings. The number of hydrogen-bond acceptors (Lipinski definition) is 3. The van der Waals surface area contributed by atoms with Gasteiger partial charge in [-0.25, -0.2) is 9.18 Å². The van der Waals surface area contributed by atoms with Crippen molar-refractivity contribution in [1.82, 2.24) is 10.6 Å². The van der Waals surface area contributed by atoms with Gasteiger partial charge >= 0.3 is 6.03 Å². The molecule has 6 heteroatoms. The monoisotopic (exact) mass is 385 g/mol. The molecule has 2 amide bonds. The van der Waals surface area contributed by atoms with E-state index >= 15 is 0 Å². The lowest BCUT2D eigenvalue weighted by atomic mass is 10.1. The predicted molar refractivity (Wildman–Crippen MR) is 109 cm³/mol. The molecule has 0 spiro atoms. The summed E-state index contributed by atoms with van der Waals surface area (Å²) in [6, 6.07) is 12.8. The van der Waals surface area contributed by atoms with Gasteiger partial charge in [0.25, 0.3) is 0 Å². The number of hydrogen-bond donors (Lipinski definition) is 2. The highest BCUT2D eigenvalue weighted by Gasteiger charge is 2.24. The van der Waals surface area contributed by atoms with Gasteiger partial charge in [0.15, 0.2) is 0 Å². The van der Waals surface area contributed by atoms with Crippen LogP contribution in [0.3, 0.4) is 0 Å². The van der Waals surface area contributed by atoms with E-state index < -0.39 is 0 Å². The number of benzene rings is 2. The van der Waals surface area contributed by atoms with E-state index in [0.29, 0.717) is 25.3 Å². The number of amides is 2. The highest BCUT2D eigenvalue weighted by molar-refractivity contribution is 5.73. The van der Waals surface area contributed by atoms with Gasteiger partial charge in [0.2, 0.25) is 0 Å². The Bertz CT molecular complexity index is 800. The van der Waals surface area contributed by atoms with Crippen molar-refractivity contribution in [3.8, 4) is 0 Å². The summed E-state index contributed by atoms with van der Waals surface area (Å²) in [5.74, 6) is -0.277. The topological polar surface area (TPSA) is 53.6 Å². The average Bonchev–Trinajstić information content (AvgIpc) is 2.65. The normalized spacial score (nSPS) is 19.4. The molecule has 2 aromatic carbocycles. The molecule has 2 aromatic rings. The van der Waals surface area contributed by atoms with E-state index in [4.69, 9.17) is 4.74 Å². The Hall–Kier alpha value is -2.60. The third kappa shape index (κ3) is 5.45. The van der Waals surface area contributed by atoms with Crippen LogP contribution in [0.1, 0.15) is 30.5 Å². The minimum absolute atomic E-state index is 0.0710. The number of carbonyl (C=O) groups is 1. The van der Waals surface area contributed by atoms with Crippen molar-refractivity contribution in [3.05, 3.63) is 65.0 Å². The van der Waals surface area contributed by atoms with E-state index in [1.807, 2.05) is 56.0 Å². The van der Waals surface area contributed by atoms with Gasteiger partial charge in [-0.15, -0.1) is 0 Å². The van der Waals surface area contributed by atoms with E-state index in [9.17, 15) is 9.18 Å². The van der Waals surface area contributed by atoms with Gasteiger partial charge in [-0.1, -0.05) is 35.9 Å². The second kappa shape index (κ2) is 9.06. The van der Waals surface area contributed by atoms with Crippen LogP contribution >= 0.6 is 0 Å². The van der Waals surface area contributed by atoms with Crippen molar-refractivity contribution in [2.75, 3.05) is 18.0 Å². The Morgan fingerprint density at radius 1 is 1.04 bits per heavy atom. The van der Waals surface area contributed by atoms with Crippen LogP contribution < -0.4 is 15.5 Å². The number of morpholine rings is 1. The number of carbonyl (C=O) groups excluding carboxylic acids is 1. The summed E-state index contributed by atoms with van der Waals surface area (Å²) in [7, 11) is 0. The highest BCUT2D eigenvalue weighted by Crippen LogP contribution is 2.24. The van der Waals surface area contributed by atoms with Crippen molar-refractivity contribution in [2.24, 2.45) is 0 Å². The Balaban J connectivity index is 1.51. The fourth-order valence-electron chi connectivity index (χ4n) is 3.42. The number of ether oxygens (including phenoxy) is 1. The predicted octanol–water partition coefficient (Wildman–Crippen LogP) is 3.75. The largest absolute Gasteiger partial charge is 0.372 e. The van der Waals surface area contributed by atoms with E-state index in [-0.39, 0.29) is 30.6 Å². The van der Waals surface area contributed by atoms with Gasteiger partial charge in [-0.05, 0) is 44.0 Å². The minimum Gasteiger partial charge on any atom is -0.372 e. The SMILES string of the molecule is Cc1ccc(CNC(=O)NCc2ccc(N3CC(C)OC(C)C3)c(F)c2)cc1. The van der Waals surface area contributed by atoms with Crippen molar-refractivity contribution in [1.29, 1.82) is 0 Å². The lowest BCUT2D eigenvalue weighted by Crippen LogP contribution is -2.45. The summed E-state index contributed by atoms with van der Waals surface area (Å²) < 4.78 is 20.3. The summed E-state index contributed by atoms with van der Waals surface area (Å²) in [4.78, 5) is 14.0. The van der Waals surface area contributed by atoms with Gasteiger partial charge in [-0.3, -0.25) is 0 Å². The number of rotatable bonds is 5. The standard InChI is InChI=1S/C22H28FN3O2/c1-15-4-6-18(7-5-15)11-24-22(27)25-12-19-8-9-21(20(23)10-19)26-13-16(2)28-17(3)14-26/h4-10,16-17H,11-14H2,1-3H3,(H2,24,25,27). The molecule has 0 radical (unpaired) electrons. The number of anilines is 1. The molecule has 1 aliphatic rings. The van der Waals surface area contributed by atoms with E-state index in [1.165, 1.54) is 11.6 Å². The van der Waals surface area contributed by atoms with Gasteiger partial charge < -0.3 is 20.3 Å². The molecule has 150 valence electrons.